The molecule has 0 saturated carbocycles. The Hall–Kier alpha value is -3.10. The fourth-order valence-electron chi connectivity index (χ4n) is 4.83. The number of methoxy groups -OCH3 is 1. The summed E-state index contributed by atoms with van der Waals surface area (Å²) in [5, 5.41) is 2.71. The second-order valence-corrected chi connectivity index (χ2v) is 12.1. The topological polar surface area (TPSA) is 128 Å². The number of carbonyl (C=O) groups is 4. The van der Waals surface area contributed by atoms with Crippen LogP contribution in [0, 0.1) is 0 Å². The highest BCUT2D eigenvalue weighted by molar-refractivity contribution is 5.86. The summed E-state index contributed by atoms with van der Waals surface area (Å²) in [7, 11) is 1.31. The van der Waals surface area contributed by atoms with Crippen LogP contribution < -0.4 is 11.1 Å². The molecule has 0 fully saturated rings. The van der Waals surface area contributed by atoms with Crippen molar-refractivity contribution in [2.75, 3.05) is 13.7 Å². The van der Waals surface area contributed by atoms with Gasteiger partial charge >= 0.3 is 12.1 Å². The number of aryl methyl sites for hydroxylation is 1. The van der Waals surface area contributed by atoms with Gasteiger partial charge in [0, 0.05) is 25.4 Å². The molecule has 3 amide bonds. The van der Waals surface area contributed by atoms with Crippen molar-refractivity contribution >= 4 is 23.9 Å². The van der Waals surface area contributed by atoms with E-state index in [1.165, 1.54) is 38.4 Å². The summed E-state index contributed by atoms with van der Waals surface area (Å²) < 4.78 is 10.2. The van der Waals surface area contributed by atoms with E-state index in [1.54, 1.807) is 25.7 Å². The van der Waals surface area contributed by atoms with Crippen molar-refractivity contribution in [2.45, 2.75) is 136 Å². The Labute approximate surface area is 253 Å². The predicted octanol–water partition coefficient (Wildman–Crippen LogP) is 5.85. The molecule has 9 nitrogen and oxygen atoms in total. The van der Waals surface area contributed by atoms with Gasteiger partial charge in [-0.2, -0.15) is 0 Å². The fourth-order valence-corrected chi connectivity index (χ4v) is 4.83. The van der Waals surface area contributed by atoms with Gasteiger partial charge in [0.15, 0.2) is 0 Å². The number of amides is 3. The van der Waals surface area contributed by atoms with Gasteiger partial charge < -0.3 is 25.4 Å². The molecule has 0 bridgehead atoms. The minimum atomic E-state index is -0.938. The number of ether oxygens (including phenoxy) is 2. The first-order chi connectivity index (χ1) is 19.9. The van der Waals surface area contributed by atoms with E-state index in [0.29, 0.717) is 19.4 Å². The molecule has 0 aliphatic heterocycles. The van der Waals surface area contributed by atoms with Crippen LogP contribution >= 0.6 is 0 Å². The molecule has 0 radical (unpaired) electrons. The maximum absolute atomic E-state index is 14.0. The van der Waals surface area contributed by atoms with Gasteiger partial charge in [0.25, 0.3) is 0 Å². The molecular weight excluding hydrogens is 534 g/mol. The molecule has 1 aromatic carbocycles. The van der Waals surface area contributed by atoms with Gasteiger partial charge in [-0.05, 0) is 70.4 Å². The SMILES string of the molecule is CCCCCCCc1ccc(C[C@@H](CC(N)=O)N(CCCC)C(=O)[C@H](CCCC(=O)OC)NC(=O)OC(C)(C)C)cc1. The first-order valence-electron chi connectivity index (χ1n) is 15.6. The molecule has 9 heteroatoms. The zero-order valence-corrected chi connectivity index (χ0v) is 26.8. The number of benzene rings is 1. The predicted molar refractivity (Wildman–Crippen MR) is 166 cm³/mol. The Bertz CT molecular complexity index is 958. The number of rotatable bonds is 20. The van der Waals surface area contributed by atoms with Crippen molar-refractivity contribution in [2.24, 2.45) is 5.73 Å². The van der Waals surface area contributed by atoms with E-state index in [2.05, 4.69) is 36.5 Å². The average Bonchev–Trinajstić information content (AvgIpc) is 2.91. The highest BCUT2D eigenvalue weighted by Gasteiger charge is 2.32. The second-order valence-electron chi connectivity index (χ2n) is 12.1. The van der Waals surface area contributed by atoms with Crippen molar-refractivity contribution in [3.63, 3.8) is 0 Å². The average molecular weight is 590 g/mol. The minimum Gasteiger partial charge on any atom is -0.469 e. The van der Waals surface area contributed by atoms with Crippen LogP contribution in [-0.2, 0) is 36.7 Å². The maximum atomic E-state index is 14.0. The van der Waals surface area contributed by atoms with E-state index < -0.39 is 35.7 Å². The molecule has 3 N–H and O–H groups in total. The third-order valence-corrected chi connectivity index (χ3v) is 7.07. The first-order valence-corrected chi connectivity index (χ1v) is 15.6. The van der Waals surface area contributed by atoms with Crippen LogP contribution in [0.5, 0.6) is 0 Å². The quantitative estimate of drug-likeness (QED) is 0.145. The molecule has 0 heterocycles. The molecule has 42 heavy (non-hydrogen) atoms. The molecular formula is C33H55N3O6. The zero-order chi connectivity index (χ0) is 31.5. The Kier molecular flexibility index (Phi) is 17.5. The van der Waals surface area contributed by atoms with Crippen LogP contribution in [-0.4, -0.2) is 60.1 Å². The molecule has 0 spiro atoms. The number of primary amides is 1. The number of nitrogens with one attached hydrogen (secondary N) is 1. The van der Waals surface area contributed by atoms with E-state index in [1.807, 2.05) is 6.92 Å². The summed E-state index contributed by atoms with van der Waals surface area (Å²) >= 11 is 0. The van der Waals surface area contributed by atoms with Gasteiger partial charge in [-0.25, -0.2) is 4.79 Å². The Morgan fingerprint density at radius 1 is 0.905 bits per heavy atom. The summed E-state index contributed by atoms with van der Waals surface area (Å²) in [6.45, 7) is 9.88. The number of esters is 1. The number of hydrogen-bond acceptors (Lipinski definition) is 6. The van der Waals surface area contributed by atoms with Gasteiger partial charge in [0.05, 0.1) is 7.11 Å². The van der Waals surface area contributed by atoms with Crippen LogP contribution in [0.4, 0.5) is 4.79 Å². The summed E-state index contributed by atoms with van der Waals surface area (Å²) in [5.41, 5.74) is 7.19. The normalized spacial score (nSPS) is 12.7. The summed E-state index contributed by atoms with van der Waals surface area (Å²) in [4.78, 5) is 52.3. The van der Waals surface area contributed by atoms with E-state index in [9.17, 15) is 19.2 Å². The highest BCUT2D eigenvalue weighted by atomic mass is 16.6. The highest BCUT2D eigenvalue weighted by Crippen LogP contribution is 2.19. The number of unbranched alkanes of at least 4 members (excludes halogenated alkanes) is 5. The molecule has 1 rings (SSSR count). The number of hydrogen-bond donors (Lipinski definition) is 2. The van der Waals surface area contributed by atoms with Crippen LogP contribution in [0.3, 0.4) is 0 Å². The zero-order valence-electron chi connectivity index (χ0n) is 26.8. The van der Waals surface area contributed by atoms with Crippen molar-refractivity contribution in [1.82, 2.24) is 10.2 Å². The molecule has 1 aromatic rings. The lowest BCUT2D eigenvalue weighted by Crippen LogP contribution is -2.54. The number of nitrogens with two attached hydrogens (primary N) is 1. The van der Waals surface area contributed by atoms with Crippen LogP contribution in [0.2, 0.25) is 0 Å². The Morgan fingerprint density at radius 3 is 2.10 bits per heavy atom. The third-order valence-electron chi connectivity index (χ3n) is 7.07. The lowest BCUT2D eigenvalue weighted by molar-refractivity contribution is -0.141. The van der Waals surface area contributed by atoms with Crippen molar-refractivity contribution in [1.29, 1.82) is 0 Å². The summed E-state index contributed by atoms with van der Waals surface area (Å²) in [5.74, 6) is -1.22. The number of carbonyl (C=O) groups excluding carboxylic acids is 4. The Balaban J connectivity index is 3.17. The molecule has 0 unspecified atom stereocenters. The van der Waals surface area contributed by atoms with E-state index in [0.717, 1.165) is 31.2 Å². The lowest BCUT2D eigenvalue weighted by atomic mass is 9.97. The smallest absolute Gasteiger partial charge is 0.408 e. The van der Waals surface area contributed by atoms with Crippen LogP contribution in [0.15, 0.2) is 24.3 Å². The minimum absolute atomic E-state index is 0.00402. The maximum Gasteiger partial charge on any atom is 0.408 e. The molecule has 238 valence electrons. The van der Waals surface area contributed by atoms with Gasteiger partial charge in [-0.15, -0.1) is 0 Å². The van der Waals surface area contributed by atoms with E-state index in [-0.39, 0.29) is 25.2 Å². The number of nitrogens with zero attached hydrogens (tertiary/aromatic N) is 1. The largest absolute Gasteiger partial charge is 0.469 e. The van der Waals surface area contributed by atoms with Crippen molar-refractivity contribution in [3.05, 3.63) is 35.4 Å². The van der Waals surface area contributed by atoms with Gasteiger partial charge in [0.2, 0.25) is 11.8 Å². The van der Waals surface area contributed by atoms with Crippen LogP contribution in [0.1, 0.15) is 116 Å². The monoisotopic (exact) mass is 589 g/mol. The van der Waals surface area contributed by atoms with Crippen molar-refractivity contribution in [3.8, 4) is 0 Å². The lowest BCUT2D eigenvalue weighted by Gasteiger charge is -2.35. The summed E-state index contributed by atoms with van der Waals surface area (Å²) in [6.07, 6.45) is 9.12. The number of alkyl carbamates (subject to hydrolysis) is 1. The van der Waals surface area contributed by atoms with Crippen molar-refractivity contribution < 1.29 is 28.7 Å². The first kappa shape index (κ1) is 36.9. The molecule has 0 saturated heterocycles. The third kappa shape index (κ3) is 15.8. The van der Waals surface area contributed by atoms with Crippen LogP contribution in [0.25, 0.3) is 0 Å². The van der Waals surface area contributed by atoms with Gasteiger partial charge in [0.1, 0.15) is 11.6 Å². The second kappa shape index (κ2) is 19.9. The van der Waals surface area contributed by atoms with E-state index in [4.69, 9.17) is 15.2 Å². The van der Waals surface area contributed by atoms with Gasteiger partial charge in [-0.1, -0.05) is 70.2 Å². The standard InChI is InChI=1S/C33H55N3O6/c1-7-9-11-12-13-15-25-18-20-26(21-19-25)23-27(24-29(34)37)36(22-10-8-2)31(39)28(16-14-17-30(38)41-6)35-32(40)42-33(3,4)5/h18-21,27-28H,7-17,22-24H2,1-6H3,(H2,34,37)(H,35,40)/t27-,28-/m0/s1. The van der Waals surface area contributed by atoms with E-state index >= 15 is 0 Å². The van der Waals surface area contributed by atoms with Gasteiger partial charge in [-0.3, -0.25) is 14.4 Å². The Morgan fingerprint density at radius 2 is 1.52 bits per heavy atom. The summed E-state index contributed by atoms with van der Waals surface area (Å²) in [6, 6.07) is 6.94. The molecule has 0 aliphatic rings. The fraction of sp³-hybridized carbons (Fsp3) is 0.697. The molecule has 0 aromatic heterocycles. The molecule has 2 atom stereocenters. The molecule has 0 aliphatic carbocycles.